The van der Waals surface area contributed by atoms with Crippen LogP contribution in [0.3, 0.4) is 0 Å². The summed E-state index contributed by atoms with van der Waals surface area (Å²) >= 11 is 0. The summed E-state index contributed by atoms with van der Waals surface area (Å²) in [5.74, 6) is -1.17. The second kappa shape index (κ2) is 7.51. The average molecular weight is 383 g/mol. The molecule has 4 amide bonds. The minimum atomic E-state index is -1.35. The summed E-state index contributed by atoms with van der Waals surface area (Å²) in [6.45, 7) is 1.54. The Labute approximate surface area is 160 Å². The quantitative estimate of drug-likeness (QED) is 0.613. The van der Waals surface area contributed by atoms with E-state index in [9.17, 15) is 18.8 Å². The third-order valence-electron chi connectivity index (χ3n) is 4.36. The second-order valence-corrected chi connectivity index (χ2v) is 6.29. The molecule has 1 aliphatic heterocycles. The summed E-state index contributed by atoms with van der Waals surface area (Å²) in [5.41, 5.74) is 2.02. The number of hydrogen-bond donors (Lipinski definition) is 2. The number of hydrazine groups is 1. The monoisotopic (exact) mass is 383 g/mol. The number of ether oxygens (including phenoxy) is 1. The Morgan fingerprint density at radius 2 is 1.93 bits per heavy atom. The van der Waals surface area contributed by atoms with E-state index in [1.165, 1.54) is 37.5 Å². The zero-order chi connectivity index (χ0) is 20.3. The van der Waals surface area contributed by atoms with Crippen molar-refractivity contribution < 1.29 is 23.5 Å². The van der Waals surface area contributed by atoms with Crippen LogP contribution in [0.4, 0.5) is 9.18 Å². The van der Waals surface area contributed by atoms with Crippen LogP contribution in [0.2, 0.25) is 0 Å². The zero-order valence-electron chi connectivity index (χ0n) is 15.2. The molecule has 8 heteroatoms. The number of urea groups is 1. The van der Waals surface area contributed by atoms with Crippen LogP contribution in [0.5, 0.6) is 5.75 Å². The van der Waals surface area contributed by atoms with Gasteiger partial charge in [0.1, 0.15) is 17.1 Å². The van der Waals surface area contributed by atoms with E-state index in [1.807, 2.05) is 0 Å². The Bertz CT molecular complexity index is 958. The Balaban J connectivity index is 1.74. The Morgan fingerprint density at radius 1 is 1.21 bits per heavy atom. The standard InChI is InChI=1S/C20H18FN3O4/c1-20(14-4-3-5-16(12-14)28-2)18(26)24(19(27)22-20)23-17(25)11-8-13-6-9-15(21)10-7-13/h3-12H,1-2H3,(H,22,27)(H,23,25)/b11-8+. The molecule has 2 N–H and O–H groups in total. The molecule has 2 aromatic carbocycles. The lowest BCUT2D eigenvalue weighted by molar-refractivity contribution is -0.137. The van der Waals surface area contributed by atoms with Crippen molar-refractivity contribution in [2.24, 2.45) is 0 Å². The first-order valence-electron chi connectivity index (χ1n) is 8.39. The van der Waals surface area contributed by atoms with Gasteiger partial charge in [-0.05, 0) is 48.4 Å². The van der Waals surface area contributed by atoms with Crippen molar-refractivity contribution in [3.05, 3.63) is 71.6 Å². The van der Waals surface area contributed by atoms with Gasteiger partial charge >= 0.3 is 6.03 Å². The van der Waals surface area contributed by atoms with Crippen LogP contribution in [0, 0.1) is 5.82 Å². The second-order valence-electron chi connectivity index (χ2n) is 6.29. The van der Waals surface area contributed by atoms with Crippen molar-refractivity contribution in [3.63, 3.8) is 0 Å². The smallest absolute Gasteiger partial charge is 0.344 e. The van der Waals surface area contributed by atoms with Gasteiger partial charge in [-0.2, -0.15) is 5.01 Å². The van der Waals surface area contributed by atoms with Gasteiger partial charge in [0.25, 0.3) is 11.8 Å². The molecule has 2 aromatic rings. The SMILES string of the molecule is COc1cccc(C2(C)NC(=O)N(NC(=O)/C=C/c3ccc(F)cc3)C2=O)c1. The van der Waals surface area contributed by atoms with Crippen LogP contribution < -0.4 is 15.5 Å². The highest BCUT2D eigenvalue weighted by molar-refractivity contribution is 6.09. The van der Waals surface area contributed by atoms with E-state index in [-0.39, 0.29) is 0 Å². The minimum absolute atomic E-state index is 0.391. The highest BCUT2D eigenvalue weighted by atomic mass is 19.1. The topological polar surface area (TPSA) is 87.7 Å². The maximum atomic E-state index is 12.9. The summed E-state index contributed by atoms with van der Waals surface area (Å²) in [5, 5.41) is 3.22. The number of amides is 4. The fourth-order valence-corrected chi connectivity index (χ4v) is 2.76. The molecule has 0 saturated carbocycles. The molecule has 1 aliphatic rings. The van der Waals surface area contributed by atoms with Crippen LogP contribution >= 0.6 is 0 Å². The number of nitrogens with zero attached hydrogens (tertiary/aromatic N) is 1. The molecule has 1 heterocycles. The number of carbonyl (C=O) groups excluding carboxylic acids is 3. The van der Waals surface area contributed by atoms with Crippen LogP contribution in [0.1, 0.15) is 18.1 Å². The lowest BCUT2D eigenvalue weighted by Gasteiger charge is -2.22. The molecule has 144 valence electrons. The first kappa shape index (κ1) is 19.1. The molecule has 3 rings (SSSR count). The van der Waals surface area contributed by atoms with E-state index >= 15 is 0 Å². The number of carbonyl (C=O) groups is 3. The molecule has 1 atom stereocenters. The molecule has 1 fully saturated rings. The summed E-state index contributed by atoms with van der Waals surface area (Å²) in [4.78, 5) is 37.2. The molecule has 28 heavy (non-hydrogen) atoms. The summed E-state index contributed by atoms with van der Waals surface area (Å²) < 4.78 is 18.1. The third-order valence-corrected chi connectivity index (χ3v) is 4.36. The lowest BCUT2D eigenvalue weighted by atomic mass is 9.92. The van der Waals surface area contributed by atoms with Crippen LogP contribution in [0.25, 0.3) is 6.08 Å². The van der Waals surface area contributed by atoms with E-state index in [0.29, 0.717) is 21.9 Å². The number of nitrogens with one attached hydrogen (secondary N) is 2. The maximum Gasteiger partial charge on any atom is 0.344 e. The Morgan fingerprint density at radius 3 is 2.61 bits per heavy atom. The van der Waals surface area contributed by atoms with Crippen molar-refractivity contribution in [1.82, 2.24) is 15.8 Å². The van der Waals surface area contributed by atoms with Gasteiger partial charge in [-0.25, -0.2) is 9.18 Å². The number of halogens is 1. The zero-order valence-corrected chi connectivity index (χ0v) is 15.2. The molecule has 0 aliphatic carbocycles. The summed E-state index contributed by atoms with van der Waals surface area (Å²) in [7, 11) is 1.50. The van der Waals surface area contributed by atoms with E-state index in [4.69, 9.17) is 4.74 Å². The van der Waals surface area contributed by atoms with Gasteiger partial charge in [-0.3, -0.25) is 15.0 Å². The normalized spacial score (nSPS) is 19.0. The number of rotatable bonds is 5. The van der Waals surface area contributed by atoms with Crippen molar-refractivity contribution in [3.8, 4) is 5.75 Å². The highest BCUT2D eigenvalue weighted by Crippen LogP contribution is 2.30. The van der Waals surface area contributed by atoms with Gasteiger partial charge in [-0.15, -0.1) is 0 Å². The lowest BCUT2D eigenvalue weighted by Crippen LogP contribution is -2.47. The van der Waals surface area contributed by atoms with Crippen molar-refractivity contribution in [1.29, 1.82) is 0 Å². The minimum Gasteiger partial charge on any atom is -0.497 e. The Hall–Kier alpha value is -3.68. The van der Waals surface area contributed by atoms with Gasteiger partial charge < -0.3 is 10.1 Å². The molecule has 0 aromatic heterocycles. The highest BCUT2D eigenvalue weighted by Gasteiger charge is 2.50. The number of hydrogen-bond acceptors (Lipinski definition) is 4. The van der Waals surface area contributed by atoms with Gasteiger partial charge in [-0.1, -0.05) is 24.3 Å². The first-order chi connectivity index (χ1) is 13.3. The van der Waals surface area contributed by atoms with Gasteiger partial charge in [0.05, 0.1) is 7.11 Å². The third kappa shape index (κ3) is 3.71. The van der Waals surface area contributed by atoms with Crippen molar-refractivity contribution in [2.75, 3.05) is 7.11 Å². The van der Waals surface area contributed by atoms with E-state index in [1.54, 1.807) is 31.2 Å². The van der Waals surface area contributed by atoms with Gasteiger partial charge in [0.2, 0.25) is 0 Å². The van der Waals surface area contributed by atoms with E-state index in [2.05, 4.69) is 10.7 Å². The van der Waals surface area contributed by atoms with Crippen LogP contribution in [-0.2, 0) is 15.1 Å². The number of imide groups is 1. The molecule has 0 bridgehead atoms. The molecular formula is C20H18FN3O4. The molecule has 1 unspecified atom stereocenters. The average Bonchev–Trinajstić information content (AvgIpc) is 2.91. The molecule has 0 spiro atoms. The molecular weight excluding hydrogens is 365 g/mol. The number of methoxy groups -OCH3 is 1. The molecule has 1 saturated heterocycles. The predicted molar refractivity (Wildman–Crippen MR) is 99.3 cm³/mol. The number of benzene rings is 2. The summed E-state index contributed by atoms with van der Waals surface area (Å²) in [6, 6.07) is 11.5. The van der Waals surface area contributed by atoms with Gasteiger partial charge in [0.15, 0.2) is 0 Å². The maximum absolute atomic E-state index is 12.9. The molecule has 0 radical (unpaired) electrons. The van der Waals surface area contributed by atoms with Crippen molar-refractivity contribution in [2.45, 2.75) is 12.5 Å². The first-order valence-corrected chi connectivity index (χ1v) is 8.39. The van der Waals surface area contributed by atoms with Crippen LogP contribution in [0.15, 0.2) is 54.6 Å². The predicted octanol–water partition coefficient (Wildman–Crippen LogP) is 2.35. The van der Waals surface area contributed by atoms with Gasteiger partial charge in [0, 0.05) is 6.08 Å². The Kier molecular flexibility index (Phi) is 5.12. The summed E-state index contributed by atoms with van der Waals surface area (Å²) in [6.07, 6.45) is 2.59. The van der Waals surface area contributed by atoms with Crippen molar-refractivity contribution >= 4 is 23.9 Å². The fraction of sp³-hybridized carbons (Fsp3) is 0.150. The molecule has 7 nitrogen and oxygen atoms in total. The van der Waals surface area contributed by atoms with E-state index < -0.39 is 29.2 Å². The fourth-order valence-electron chi connectivity index (χ4n) is 2.76. The van der Waals surface area contributed by atoms with E-state index in [0.717, 1.165) is 6.08 Å². The largest absolute Gasteiger partial charge is 0.497 e. The van der Waals surface area contributed by atoms with Crippen LogP contribution in [-0.4, -0.2) is 30.0 Å².